The number of nitrogens with two attached hydrogens (primary N) is 1. The van der Waals surface area contributed by atoms with Gasteiger partial charge in [0.2, 0.25) is 0 Å². The monoisotopic (exact) mass is 320 g/mol. The van der Waals surface area contributed by atoms with E-state index in [0.29, 0.717) is 6.04 Å². The van der Waals surface area contributed by atoms with Crippen LogP contribution in [0, 0.1) is 3.57 Å². The molecule has 0 radical (unpaired) electrons. The Bertz CT molecular complexity index is 312. The van der Waals surface area contributed by atoms with Crippen molar-refractivity contribution in [2.24, 2.45) is 0 Å². The fourth-order valence-corrected chi connectivity index (χ4v) is 1.92. The van der Waals surface area contributed by atoms with Crippen LogP contribution in [0.15, 0.2) is 18.2 Å². The van der Waals surface area contributed by atoms with Gasteiger partial charge in [-0.25, -0.2) is 0 Å². The van der Waals surface area contributed by atoms with Crippen LogP contribution in [-0.4, -0.2) is 12.6 Å². The number of quaternary nitrogens is 1. The van der Waals surface area contributed by atoms with Crippen LogP contribution >= 0.6 is 22.6 Å². The molecule has 2 N–H and O–H groups in total. The Morgan fingerprint density at radius 3 is 2.73 bits per heavy atom. The minimum absolute atomic E-state index is 0.623. The van der Waals surface area contributed by atoms with Crippen LogP contribution in [0.2, 0.25) is 0 Å². The summed E-state index contributed by atoms with van der Waals surface area (Å²) in [6.45, 7) is 8.15. The Morgan fingerprint density at radius 2 is 2.13 bits per heavy atom. The van der Waals surface area contributed by atoms with Crippen molar-refractivity contribution in [1.29, 1.82) is 0 Å². The zero-order valence-corrected chi connectivity index (χ0v) is 11.7. The first kappa shape index (κ1) is 12.8. The Hall–Kier alpha value is -0.290. The number of halogens is 1. The van der Waals surface area contributed by atoms with Crippen molar-refractivity contribution in [3.8, 4) is 5.75 Å². The molecule has 0 atom stereocenters. The lowest BCUT2D eigenvalue weighted by atomic mass is 10.2. The number of benzene rings is 1. The second kappa shape index (κ2) is 6.33. The third kappa shape index (κ3) is 4.38. The zero-order valence-electron chi connectivity index (χ0n) is 9.59. The molecule has 0 heterocycles. The maximum Gasteiger partial charge on any atom is 0.128 e. The Balaban J connectivity index is 2.77. The average molecular weight is 320 g/mol. The normalized spacial score (nSPS) is 10.7. The second-order valence-electron chi connectivity index (χ2n) is 3.87. The predicted octanol–water partition coefficient (Wildman–Crippen LogP) is 2.16. The van der Waals surface area contributed by atoms with E-state index in [0.717, 1.165) is 18.9 Å². The fraction of sp³-hybridized carbons (Fsp3) is 0.500. The number of hydrogen-bond donors (Lipinski definition) is 1. The van der Waals surface area contributed by atoms with E-state index in [2.05, 4.69) is 60.0 Å². The first-order valence-electron chi connectivity index (χ1n) is 5.38. The molecule has 0 bridgehead atoms. The van der Waals surface area contributed by atoms with Crippen molar-refractivity contribution in [3.05, 3.63) is 27.3 Å². The minimum Gasteiger partial charge on any atom is -0.493 e. The second-order valence-corrected chi connectivity index (χ2v) is 5.11. The smallest absolute Gasteiger partial charge is 0.128 e. The Morgan fingerprint density at radius 1 is 1.40 bits per heavy atom. The number of rotatable bonds is 5. The highest BCUT2D eigenvalue weighted by Crippen LogP contribution is 2.20. The van der Waals surface area contributed by atoms with Crippen LogP contribution in [0.5, 0.6) is 5.75 Å². The molecule has 2 nitrogen and oxygen atoms in total. The van der Waals surface area contributed by atoms with Gasteiger partial charge in [-0.2, -0.15) is 0 Å². The molecule has 0 saturated heterocycles. The summed E-state index contributed by atoms with van der Waals surface area (Å²) in [6.07, 6.45) is 0. The highest BCUT2D eigenvalue weighted by Gasteiger charge is 2.06. The number of ether oxygens (including phenoxy) is 1. The van der Waals surface area contributed by atoms with E-state index in [9.17, 15) is 0 Å². The van der Waals surface area contributed by atoms with Crippen molar-refractivity contribution in [1.82, 2.24) is 0 Å². The molecule has 15 heavy (non-hydrogen) atoms. The summed E-state index contributed by atoms with van der Waals surface area (Å²) in [7, 11) is 0. The first-order valence-corrected chi connectivity index (χ1v) is 6.46. The first-order chi connectivity index (χ1) is 7.13. The largest absolute Gasteiger partial charge is 0.493 e. The summed E-state index contributed by atoms with van der Waals surface area (Å²) in [5.74, 6) is 1.02. The molecular weight excluding hydrogens is 301 g/mol. The highest BCUT2D eigenvalue weighted by atomic mass is 127. The van der Waals surface area contributed by atoms with Gasteiger partial charge in [-0.3, -0.25) is 0 Å². The molecule has 1 rings (SSSR count). The van der Waals surface area contributed by atoms with E-state index >= 15 is 0 Å². The standard InChI is InChI=1S/C12H18INO/c1-4-15-12-6-5-11(13)7-10(12)8-14-9(2)3/h5-7,9,14H,4,8H2,1-3H3/p+1. The van der Waals surface area contributed by atoms with Gasteiger partial charge < -0.3 is 10.1 Å². The molecule has 0 amide bonds. The summed E-state index contributed by atoms with van der Waals surface area (Å²) in [6, 6.07) is 6.97. The number of hydrogen-bond acceptors (Lipinski definition) is 1. The van der Waals surface area contributed by atoms with E-state index in [-0.39, 0.29) is 0 Å². The van der Waals surface area contributed by atoms with Gasteiger partial charge in [0.05, 0.1) is 12.6 Å². The summed E-state index contributed by atoms with van der Waals surface area (Å²) in [5, 5.41) is 2.31. The molecule has 0 aromatic heterocycles. The van der Waals surface area contributed by atoms with Crippen LogP contribution in [0.3, 0.4) is 0 Å². The topological polar surface area (TPSA) is 25.8 Å². The summed E-state index contributed by atoms with van der Waals surface area (Å²) in [5.41, 5.74) is 1.29. The van der Waals surface area contributed by atoms with Gasteiger partial charge in [0.1, 0.15) is 12.3 Å². The fourth-order valence-electron chi connectivity index (χ4n) is 1.37. The molecule has 0 aliphatic carbocycles. The van der Waals surface area contributed by atoms with Gasteiger partial charge in [-0.1, -0.05) is 0 Å². The highest BCUT2D eigenvalue weighted by molar-refractivity contribution is 14.1. The van der Waals surface area contributed by atoms with Crippen LogP contribution in [0.25, 0.3) is 0 Å². The molecule has 84 valence electrons. The molecule has 0 aliphatic rings. The lowest BCUT2D eigenvalue weighted by molar-refractivity contribution is -0.698. The summed E-state index contributed by atoms with van der Waals surface area (Å²) < 4.78 is 6.87. The SMILES string of the molecule is CCOc1ccc(I)cc1C[NH2+]C(C)C. The lowest BCUT2D eigenvalue weighted by Gasteiger charge is -2.11. The van der Waals surface area contributed by atoms with Crippen molar-refractivity contribution in [2.75, 3.05) is 6.61 Å². The molecule has 0 unspecified atom stereocenters. The van der Waals surface area contributed by atoms with Crippen molar-refractivity contribution >= 4 is 22.6 Å². The molecule has 1 aromatic rings. The minimum atomic E-state index is 0.623. The average Bonchev–Trinajstić information content (AvgIpc) is 2.18. The van der Waals surface area contributed by atoms with Gasteiger partial charge in [0.25, 0.3) is 0 Å². The van der Waals surface area contributed by atoms with Crippen LogP contribution in [0.4, 0.5) is 0 Å². The summed E-state index contributed by atoms with van der Waals surface area (Å²) >= 11 is 2.34. The van der Waals surface area contributed by atoms with Crippen LogP contribution in [-0.2, 0) is 6.54 Å². The molecule has 1 aromatic carbocycles. The van der Waals surface area contributed by atoms with Crippen molar-refractivity contribution in [2.45, 2.75) is 33.4 Å². The van der Waals surface area contributed by atoms with Crippen molar-refractivity contribution in [3.63, 3.8) is 0 Å². The van der Waals surface area contributed by atoms with E-state index < -0.39 is 0 Å². The van der Waals surface area contributed by atoms with Gasteiger partial charge in [0, 0.05) is 9.13 Å². The van der Waals surface area contributed by atoms with E-state index in [1.54, 1.807) is 0 Å². The van der Waals surface area contributed by atoms with Gasteiger partial charge in [-0.15, -0.1) is 0 Å². The zero-order chi connectivity index (χ0) is 11.3. The Kier molecular flexibility index (Phi) is 5.39. The van der Waals surface area contributed by atoms with E-state index in [1.165, 1.54) is 9.13 Å². The van der Waals surface area contributed by atoms with Crippen LogP contribution < -0.4 is 10.1 Å². The maximum atomic E-state index is 5.60. The molecule has 0 aliphatic heterocycles. The molecule has 3 heteroatoms. The quantitative estimate of drug-likeness (QED) is 0.827. The maximum absolute atomic E-state index is 5.60. The molecule has 0 fully saturated rings. The lowest BCUT2D eigenvalue weighted by Crippen LogP contribution is -2.86. The van der Waals surface area contributed by atoms with Gasteiger partial charge in [0.15, 0.2) is 0 Å². The third-order valence-corrected chi connectivity index (χ3v) is 2.80. The summed E-state index contributed by atoms with van der Waals surface area (Å²) in [4.78, 5) is 0. The molecular formula is C12H19INO+. The third-order valence-electron chi connectivity index (χ3n) is 2.13. The molecule has 0 spiro atoms. The van der Waals surface area contributed by atoms with Crippen molar-refractivity contribution < 1.29 is 10.1 Å². The van der Waals surface area contributed by atoms with Gasteiger partial charge in [-0.05, 0) is 61.6 Å². The van der Waals surface area contributed by atoms with Gasteiger partial charge >= 0.3 is 0 Å². The predicted molar refractivity (Wildman–Crippen MR) is 71.1 cm³/mol. The van der Waals surface area contributed by atoms with E-state index in [1.807, 2.05) is 6.92 Å². The van der Waals surface area contributed by atoms with E-state index in [4.69, 9.17) is 4.74 Å². The molecule has 0 saturated carbocycles. The Labute approximate surface area is 106 Å². The van der Waals surface area contributed by atoms with Crippen LogP contribution in [0.1, 0.15) is 26.3 Å².